The molecule has 2 aromatic rings. The number of nitrogens with one attached hydrogen (secondary N) is 1. The second kappa shape index (κ2) is 6.87. The van der Waals surface area contributed by atoms with Gasteiger partial charge in [0.05, 0.1) is 11.9 Å². The molecule has 21 heavy (non-hydrogen) atoms. The molecule has 1 aliphatic rings. The number of hydrogen-bond acceptors (Lipinski definition) is 3. The maximum atomic E-state index is 9.34. The van der Waals surface area contributed by atoms with E-state index in [-0.39, 0.29) is 0 Å². The molecular formula is C17H23N3O. The van der Waals surface area contributed by atoms with E-state index in [1.165, 1.54) is 24.8 Å². The number of benzene rings is 1. The zero-order valence-electron chi connectivity index (χ0n) is 12.3. The van der Waals surface area contributed by atoms with Gasteiger partial charge >= 0.3 is 0 Å². The molecule has 1 saturated carbocycles. The minimum atomic E-state index is 0.332. The van der Waals surface area contributed by atoms with Gasteiger partial charge in [0, 0.05) is 24.9 Å². The predicted molar refractivity (Wildman–Crippen MR) is 83.2 cm³/mol. The van der Waals surface area contributed by atoms with Crippen LogP contribution in [-0.2, 0) is 6.54 Å². The molecule has 2 atom stereocenters. The van der Waals surface area contributed by atoms with Crippen molar-refractivity contribution >= 4 is 0 Å². The third kappa shape index (κ3) is 3.52. The average Bonchev–Trinajstić information content (AvgIpc) is 3.17. The van der Waals surface area contributed by atoms with E-state index in [4.69, 9.17) is 0 Å². The number of rotatable bonds is 6. The Bertz CT molecular complexity index is 552. The second-order valence-corrected chi connectivity index (χ2v) is 5.89. The maximum absolute atomic E-state index is 9.34. The van der Waals surface area contributed by atoms with Crippen molar-refractivity contribution in [1.82, 2.24) is 15.1 Å². The van der Waals surface area contributed by atoms with Crippen molar-refractivity contribution in [3.8, 4) is 5.69 Å². The molecule has 1 fully saturated rings. The number of aliphatic hydroxyl groups is 1. The molecular weight excluding hydrogens is 262 g/mol. The summed E-state index contributed by atoms with van der Waals surface area (Å²) in [6, 6.07) is 10.1. The van der Waals surface area contributed by atoms with E-state index in [0.717, 1.165) is 18.8 Å². The lowest BCUT2D eigenvalue weighted by molar-refractivity contribution is 0.192. The Morgan fingerprint density at radius 1 is 1.19 bits per heavy atom. The molecule has 0 aliphatic heterocycles. The topological polar surface area (TPSA) is 50.1 Å². The van der Waals surface area contributed by atoms with Gasteiger partial charge in [-0.25, -0.2) is 4.68 Å². The highest BCUT2D eigenvalue weighted by Gasteiger charge is 2.25. The van der Waals surface area contributed by atoms with Gasteiger partial charge < -0.3 is 10.4 Å². The summed E-state index contributed by atoms with van der Waals surface area (Å²) in [6.07, 6.45) is 7.65. The van der Waals surface area contributed by atoms with Crippen LogP contribution in [0, 0.1) is 11.8 Å². The van der Waals surface area contributed by atoms with Crippen molar-refractivity contribution in [3.05, 3.63) is 48.3 Å². The summed E-state index contributed by atoms with van der Waals surface area (Å²) >= 11 is 0. The number of nitrogens with zero attached hydrogens (tertiary/aromatic N) is 2. The van der Waals surface area contributed by atoms with Gasteiger partial charge in [0.2, 0.25) is 0 Å². The summed E-state index contributed by atoms with van der Waals surface area (Å²) in [5, 5.41) is 17.3. The lowest BCUT2D eigenvalue weighted by Crippen LogP contribution is -2.26. The van der Waals surface area contributed by atoms with Crippen LogP contribution in [0.5, 0.6) is 0 Å². The van der Waals surface area contributed by atoms with E-state index in [2.05, 4.69) is 28.7 Å². The van der Waals surface area contributed by atoms with Crippen LogP contribution in [0.15, 0.2) is 42.7 Å². The Hall–Kier alpha value is -1.65. The first kappa shape index (κ1) is 14.3. The van der Waals surface area contributed by atoms with E-state index in [0.29, 0.717) is 18.4 Å². The van der Waals surface area contributed by atoms with Crippen LogP contribution >= 0.6 is 0 Å². The molecule has 0 radical (unpaired) electrons. The highest BCUT2D eigenvalue weighted by molar-refractivity contribution is 5.30. The smallest absolute Gasteiger partial charge is 0.0645 e. The van der Waals surface area contributed by atoms with E-state index < -0.39 is 0 Å². The molecule has 1 aromatic carbocycles. The molecule has 0 bridgehead atoms. The number of aliphatic hydroxyl groups excluding tert-OH is 1. The molecule has 1 heterocycles. The Labute approximate surface area is 125 Å². The van der Waals surface area contributed by atoms with E-state index >= 15 is 0 Å². The van der Waals surface area contributed by atoms with Gasteiger partial charge in [0.25, 0.3) is 0 Å². The molecule has 3 rings (SSSR count). The summed E-state index contributed by atoms with van der Waals surface area (Å²) in [6.45, 7) is 2.15. The monoisotopic (exact) mass is 285 g/mol. The van der Waals surface area contributed by atoms with Crippen molar-refractivity contribution in [1.29, 1.82) is 0 Å². The zero-order valence-corrected chi connectivity index (χ0v) is 12.3. The summed E-state index contributed by atoms with van der Waals surface area (Å²) in [5.41, 5.74) is 2.28. The molecule has 1 aromatic heterocycles. The molecule has 0 saturated heterocycles. The summed E-state index contributed by atoms with van der Waals surface area (Å²) in [5.74, 6) is 1.11. The van der Waals surface area contributed by atoms with Gasteiger partial charge in [-0.2, -0.15) is 5.10 Å². The minimum Gasteiger partial charge on any atom is -0.396 e. The summed E-state index contributed by atoms with van der Waals surface area (Å²) < 4.78 is 1.91. The molecule has 2 unspecified atom stereocenters. The van der Waals surface area contributed by atoms with Crippen LogP contribution in [0.1, 0.15) is 24.8 Å². The fourth-order valence-corrected chi connectivity index (χ4v) is 3.20. The van der Waals surface area contributed by atoms with Crippen LogP contribution in [0.3, 0.4) is 0 Å². The Kier molecular flexibility index (Phi) is 4.68. The van der Waals surface area contributed by atoms with E-state index in [1.807, 2.05) is 29.1 Å². The predicted octanol–water partition coefficient (Wildman–Crippen LogP) is 2.37. The molecule has 0 spiro atoms. The zero-order chi connectivity index (χ0) is 14.5. The average molecular weight is 285 g/mol. The fraction of sp³-hybridized carbons (Fsp3) is 0.471. The first-order valence-electron chi connectivity index (χ1n) is 7.77. The van der Waals surface area contributed by atoms with Crippen LogP contribution < -0.4 is 5.32 Å². The third-order valence-electron chi connectivity index (χ3n) is 4.44. The van der Waals surface area contributed by atoms with Gasteiger partial charge in [-0.3, -0.25) is 0 Å². The van der Waals surface area contributed by atoms with Crippen LogP contribution in [0.4, 0.5) is 0 Å². The molecule has 112 valence electrons. The molecule has 4 nitrogen and oxygen atoms in total. The van der Waals surface area contributed by atoms with Gasteiger partial charge in [0.15, 0.2) is 0 Å². The Balaban J connectivity index is 1.51. The quantitative estimate of drug-likeness (QED) is 0.856. The number of aromatic nitrogens is 2. The van der Waals surface area contributed by atoms with Crippen LogP contribution in [0.2, 0.25) is 0 Å². The lowest BCUT2D eigenvalue weighted by atomic mass is 9.97. The van der Waals surface area contributed by atoms with Crippen LogP contribution in [-0.4, -0.2) is 28.0 Å². The van der Waals surface area contributed by atoms with E-state index in [9.17, 15) is 5.11 Å². The van der Waals surface area contributed by atoms with E-state index in [1.54, 1.807) is 0 Å². The molecule has 1 aliphatic carbocycles. The fourth-order valence-electron chi connectivity index (χ4n) is 3.20. The maximum Gasteiger partial charge on any atom is 0.0645 e. The van der Waals surface area contributed by atoms with Crippen molar-refractivity contribution in [2.75, 3.05) is 13.2 Å². The van der Waals surface area contributed by atoms with Gasteiger partial charge in [0.1, 0.15) is 0 Å². The SMILES string of the molecule is OCC1CCCC1CNCc1cnn(-c2ccccc2)c1. The normalized spacial score (nSPS) is 21.8. The van der Waals surface area contributed by atoms with Gasteiger partial charge in [-0.15, -0.1) is 0 Å². The highest BCUT2D eigenvalue weighted by atomic mass is 16.3. The van der Waals surface area contributed by atoms with Crippen molar-refractivity contribution in [2.24, 2.45) is 11.8 Å². The third-order valence-corrected chi connectivity index (χ3v) is 4.44. The minimum absolute atomic E-state index is 0.332. The molecule has 0 amide bonds. The second-order valence-electron chi connectivity index (χ2n) is 5.89. The molecule has 2 N–H and O–H groups in total. The molecule has 4 heteroatoms. The first-order chi connectivity index (χ1) is 10.4. The number of hydrogen-bond donors (Lipinski definition) is 2. The van der Waals surface area contributed by atoms with Gasteiger partial charge in [-0.05, 0) is 43.4 Å². The summed E-state index contributed by atoms with van der Waals surface area (Å²) in [4.78, 5) is 0. The first-order valence-corrected chi connectivity index (χ1v) is 7.77. The summed E-state index contributed by atoms with van der Waals surface area (Å²) in [7, 11) is 0. The standard InChI is InChI=1S/C17H23N3O/c21-13-16-6-4-5-15(16)11-18-9-14-10-19-20(12-14)17-7-2-1-3-8-17/h1-3,7-8,10,12,15-16,18,21H,4-6,9,11,13H2. The van der Waals surface area contributed by atoms with Crippen molar-refractivity contribution in [3.63, 3.8) is 0 Å². The highest BCUT2D eigenvalue weighted by Crippen LogP contribution is 2.30. The Morgan fingerprint density at radius 2 is 2.00 bits per heavy atom. The Morgan fingerprint density at radius 3 is 2.81 bits per heavy atom. The lowest BCUT2D eigenvalue weighted by Gasteiger charge is -2.17. The van der Waals surface area contributed by atoms with Crippen molar-refractivity contribution in [2.45, 2.75) is 25.8 Å². The largest absolute Gasteiger partial charge is 0.396 e. The van der Waals surface area contributed by atoms with Crippen LogP contribution in [0.25, 0.3) is 5.69 Å². The number of para-hydroxylation sites is 1. The van der Waals surface area contributed by atoms with Crippen molar-refractivity contribution < 1.29 is 5.11 Å². The van der Waals surface area contributed by atoms with Gasteiger partial charge in [-0.1, -0.05) is 24.6 Å².